The molecule has 0 aliphatic heterocycles. The number of methoxy groups -OCH3 is 1. The summed E-state index contributed by atoms with van der Waals surface area (Å²) in [6, 6.07) is 9.24. The number of ether oxygens (including phenoxy) is 2. The molecule has 6 nitrogen and oxygen atoms in total. The van der Waals surface area contributed by atoms with Crippen LogP contribution >= 0.6 is 27.5 Å². The minimum Gasteiger partial charge on any atom is -0.493 e. The Balaban J connectivity index is 2.20. The molecule has 0 unspecified atom stereocenters. The molecule has 0 spiro atoms. The molecule has 0 bridgehead atoms. The lowest BCUT2D eigenvalue weighted by atomic mass is 10.2. The average Bonchev–Trinajstić information content (AvgIpc) is 2.57. The van der Waals surface area contributed by atoms with Gasteiger partial charge >= 0.3 is 0 Å². The number of hydrogen-bond acceptors (Lipinski definition) is 5. The Hall–Kier alpha value is -1.77. The molecule has 140 valence electrons. The Bertz CT molecular complexity index is 900. The summed E-state index contributed by atoms with van der Waals surface area (Å²) in [6.07, 6.45) is 1.35. The van der Waals surface area contributed by atoms with Crippen LogP contribution in [-0.4, -0.2) is 27.8 Å². The van der Waals surface area contributed by atoms with E-state index in [0.717, 1.165) is 0 Å². The van der Waals surface area contributed by atoms with Gasteiger partial charge in [-0.2, -0.15) is 13.5 Å². The lowest BCUT2D eigenvalue weighted by molar-refractivity contribution is 0.228. The van der Waals surface area contributed by atoms with Crippen molar-refractivity contribution in [3.8, 4) is 11.5 Å². The van der Waals surface area contributed by atoms with Crippen molar-refractivity contribution >= 4 is 43.8 Å². The van der Waals surface area contributed by atoms with Crippen LogP contribution in [0.5, 0.6) is 11.5 Å². The van der Waals surface area contributed by atoms with Crippen LogP contribution in [0.15, 0.2) is 50.9 Å². The first-order valence-corrected chi connectivity index (χ1v) is 10.2. The fourth-order valence-electron chi connectivity index (χ4n) is 2.00. The fraction of sp³-hybridized carbons (Fsp3) is 0.235. The first kappa shape index (κ1) is 20.5. The molecule has 0 heterocycles. The number of benzene rings is 2. The van der Waals surface area contributed by atoms with Crippen LogP contribution < -0.4 is 14.3 Å². The molecule has 0 saturated heterocycles. The third-order valence-corrected chi connectivity index (χ3v) is 5.20. The van der Waals surface area contributed by atoms with Gasteiger partial charge in [0.1, 0.15) is 0 Å². The highest BCUT2D eigenvalue weighted by Crippen LogP contribution is 2.36. The number of hydrogen-bond donors (Lipinski definition) is 1. The Morgan fingerprint density at radius 1 is 1.23 bits per heavy atom. The predicted octanol–water partition coefficient (Wildman–Crippen LogP) is 4.21. The molecule has 0 saturated carbocycles. The lowest BCUT2D eigenvalue weighted by Gasteiger charge is -2.15. The SMILES string of the molecule is COc1cc(/C=N\NS(=O)(=O)c2ccc(Cl)cc2)cc(Br)c1OC(C)C. The highest BCUT2D eigenvalue weighted by atomic mass is 79.9. The first-order chi connectivity index (χ1) is 12.2. The van der Waals surface area contributed by atoms with Gasteiger partial charge in [0.25, 0.3) is 10.0 Å². The van der Waals surface area contributed by atoms with E-state index in [0.29, 0.717) is 26.6 Å². The summed E-state index contributed by atoms with van der Waals surface area (Å²) < 4.78 is 36.1. The Labute approximate surface area is 166 Å². The van der Waals surface area contributed by atoms with Crippen molar-refractivity contribution in [3.63, 3.8) is 0 Å². The molecule has 2 rings (SSSR count). The summed E-state index contributed by atoms with van der Waals surface area (Å²) in [5.74, 6) is 1.08. The molecule has 0 aromatic heterocycles. The van der Waals surface area contributed by atoms with Gasteiger partial charge in [-0.25, -0.2) is 4.83 Å². The number of sulfonamides is 1. The molecular weight excluding hydrogens is 444 g/mol. The molecule has 0 amide bonds. The van der Waals surface area contributed by atoms with Crippen LogP contribution in [0.3, 0.4) is 0 Å². The molecule has 0 aliphatic carbocycles. The number of nitrogens with zero attached hydrogens (tertiary/aromatic N) is 1. The molecule has 0 atom stereocenters. The molecule has 0 aliphatic rings. The Morgan fingerprint density at radius 3 is 2.46 bits per heavy atom. The predicted molar refractivity (Wildman–Crippen MR) is 106 cm³/mol. The fourth-order valence-corrected chi connectivity index (χ4v) is 3.47. The van der Waals surface area contributed by atoms with E-state index in [1.165, 1.54) is 37.6 Å². The van der Waals surface area contributed by atoms with Crippen LogP contribution in [0.4, 0.5) is 0 Å². The maximum atomic E-state index is 12.2. The molecule has 0 fully saturated rings. The highest BCUT2D eigenvalue weighted by molar-refractivity contribution is 9.10. The third kappa shape index (κ3) is 5.36. The number of hydrazone groups is 1. The van der Waals surface area contributed by atoms with Crippen LogP contribution in [0.2, 0.25) is 5.02 Å². The molecule has 2 aromatic rings. The smallest absolute Gasteiger partial charge is 0.276 e. The number of halogens is 2. The van der Waals surface area contributed by atoms with E-state index in [4.69, 9.17) is 21.1 Å². The van der Waals surface area contributed by atoms with Crippen molar-refractivity contribution in [1.82, 2.24) is 4.83 Å². The van der Waals surface area contributed by atoms with Crippen LogP contribution in [0, 0.1) is 0 Å². The second kappa shape index (κ2) is 8.75. The summed E-state index contributed by atoms with van der Waals surface area (Å²) in [5, 5.41) is 4.26. The zero-order valence-corrected chi connectivity index (χ0v) is 17.5. The van der Waals surface area contributed by atoms with Crippen LogP contribution in [0.1, 0.15) is 19.4 Å². The quantitative estimate of drug-likeness (QED) is 0.495. The average molecular weight is 462 g/mol. The standard InChI is InChI=1S/C17H18BrClN2O4S/c1-11(2)25-17-15(18)8-12(9-16(17)24-3)10-20-21-26(22,23)14-6-4-13(19)5-7-14/h4-11,21H,1-3H3/b20-10-. The molecule has 26 heavy (non-hydrogen) atoms. The van der Waals surface area contributed by atoms with E-state index in [1.54, 1.807) is 12.1 Å². The van der Waals surface area contributed by atoms with E-state index in [-0.39, 0.29) is 11.0 Å². The lowest BCUT2D eigenvalue weighted by Crippen LogP contribution is -2.18. The van der Waals surface area contributed by atoms with Gasteiger partial charge in [0.15, 0.2) is 11.5 Å². The second-order valence-electron chi connectivity index (χ2n) is 5.51. The van der Waals surface area contributed by atoms with Crippen molar-refractivity contribution in [2.45, 2.75) is 24.8 Å². The molecule has 2 aromatic carbocycles. The van der Waals surface area contributed by atoms with Crippen LogP contribution in [0.25, 0.3) is 0 Å². The van der Waals surface area contributed by atoms with Gasteiger partial charge in [-0.15, -0.1) is 0 Å². The second-order valence-corrected chi connectivity index (χ2v) is 8.46. The summed E-state index contributed by atoms with van der Waals surface area (Å²) in [4.78, 5) is 2.23. The summed E-state index contributed by atoms with van der Waals surface area (Å²) in [6.45, 7) is 3.82. The highest BCUT2D eigenvalue weighted by Gasteiger charge is 2.14. The molecule has 9 heteroatoms. The monoisotopic (exact) mass is 460 g/mol. The molecule has 0 radical (unpaired) electrons. The van der Waals surface area contributed by atoms with Crippen molar-refractivity contribution < 1.29 is 17.9 Å². The van der Waals surface area contributed by atoms with Gasteiger partial charge in [-0.05, 0) is 71.7 Å². The van der Waals surface area contributed by atoms with Gasteiger partial charge < -0.3 is 9.47 Å². The van der Waals surface area contributed by atoms with E-state index >= 15 is 0 Å². The van der Waals surface area contributed by atoms with Crippen molar-refractivity contribution in [2.75, 3.05) is 7.11 Å². The van der Waals surface area contributed by atoms with Crippen molar-refractivity contribution in [2.24, 2.45) is 5.10 Å². The van der Waals surface area contributed by atoms with Crippen molar-refractivity contribution in [3.05, 3.63) is 51.5 Å². The minimum absolute atomic E-state index is 0.0223. The van der Waals surface area contributed by atoms with Crippen molar-refractivity contribution in [1.29, 1.82) is 0 Å². The molecular formula is C17H18BrClN2O4S. The summed E-state index contributed by atoms with van der Waals surface area (Å²) in [5.41, 5.74) is 0.628. The van der Waals surface area contributed by atoms with Gasteiger partial charge in [0.05, 0.1) is 28.8 Å². The first-order valence-electron chi connectivity index (χ1n) is 7.57. The molecule has 1 N–H and O–H groups in total. The van der Waals surface area contributed by atoms with Crippen LogP contribution in [-0.2, 0) is 10.0 Å². The van der Waals surface area contributed by atoms with Gasteiger partial charge in [0, 0.05) is 5.02 Å². The van der Waals surface area contributed by atoms with Gasteiger partial charge in [0.2, 0.25) is 0 Å². The number of rotatable bonds is 7. The maximum Gasteiger partial charge on any atom is 0.276 e. The van der Waals surface area contributed by atoms with E-state index in [9.17, 15) is 8.42 Å². The zero-order chi connectivity index (χ0) is 19.3. The summed E-state index contributed by atoms with van der Waals surface area (Å²) in [7, 11) is -2.24. The van der Waals surface area contributed by atoms with Gasteiger partial charge in [-0.1, -0.05) is 11.6 Å². The summed E-state index contributed by atoms with van der Waals surface area (Å²) >= 11 is 9.19. The third-order valence-electron chi connectivity index (χ3n) is 3.12. The van der Waals surface area contributed by atoms with E-state index < -0.39 is 10.0 Å². The zero-order valence-electron chi connectivity index (χ0n) is 14.4. The van der Waals surface area contributed by atoms with E-state index in [2.05, 4.69) is 25.9 Å². The number of nitrogens with one attached hydrogen (secondary N) is 1. The van der Waals surface area contributed by atoms with E-state index in [1.807, 2.05) is 13.8 Å². The van der Waals surface area contributed by atoms with Gasteiger partial charge in [-0.3, -0.25) is 0 Å². The normalized spacial score (nSPS) is 11.8. The maximum absolute atomic E-state index is 12.2. The largest absolute Gasteiger partial charge is 0.493 e. The topological polar surface area (TPSA) is 77.0 Å². The minimum atomic E-state index is -3.77. The Kier molecular flexibility index (Phi) is 6.91. The Morgan fingerprint density at radius 2 is 1.88 bits per heavy atom.